The second-order valence-corrected chi connectivity index (χ2v) is 7.35. The largest absolute Gasteiger partial charge is 0.494 e. The molecule has 1 heterocycles. The van der Waals surface area contributed by atoms with Crippen LogP contribution in [0.1, 0.15) is 24.5 Å². The third kappa shape index (κ3) is 6.43. The Balaban J connectivity index is 1.43. The van der Waals surface area contributed by atoms with Crippen LogP contribution in [-0.2, 0) is 17.0 Å². The predicted molar refractivity (Wildman–Crippen MR) is 115 cm³/mol. The number of anilines is 1. The molecule has 0 radical (unpaired) electrons. The Labute approximate surface area is 170 Å². The molecule has 0 atom stereocenters. The van der Waals surface area contributed by atoms with Gasteiger partial charge in [-0.15, -0.1) is 11.8 Å². The molecule has 1 aromatic heterocycles. The smallest absolute Gasteiger partial charge is 0.224 e. The van der Waals surface area contributed by atoms with Crippen molar-refractivity contribution >= 4 is 23.4 Å². The van der Waals surface area contributed by atoms with Crippen molar-refractivity contribution in [1.29, 1.82) is 0 Å². The van der Waals surface area contributed by atoms with E-state index in [9.17, 15) is 4.79 Å². The molecule has 28 heavy (non-hydrogen) atoms. The number of rotatable bonds is 9. The summed E-state index contributed by atoms with van der Waals surface area (Å²) in [6.07, 6.45) is 4.82. The van der Waals surface area contributed by atoms with Crippen molar-refractivity contribution in [1.82, 2.24) is 4.98 Å². The molecule has 0 unspecified atom stereocenters. The zero-order chi connectivity index (χ0) is 19.6. The van der Waals surface area contributed by atoms with Gasteiger partial charge in [0.05, 0.1) is 6.61 Å². The van der Waals surface area contributed by atoms with E-state index in [1.807, 2.05) is 67.7 Å². The molecule has 3 aromatic rings. The normalized spacial score (nSPS) is 10.5. The second kappa shape index (κ2) is 10.5. The van der Waals surface area contributed by atoms with Crippen LogP contribution in [0.3, 0.4) is 0 Å². The van der Waals surface area contributed by atoms with Crippen LogP contribution in [-0.4, -0.2) is 17.5 Å². The van der Waals surface area contributed by atoms with Gasteiger partial charge >= 0.3 is 0 Å². The molecular formula is C23H24N2O2S. The van der Waals surface area contributed by atoms with Crippen molar-refractivity contribution in [3.05, 3.63) is 84.2 Å². The second-order valence-electron chi connectivity index (χ2n) is 6.30. The number of thioether (sulfide) groups is 1. The molecule has 0 spiro atoms. The fraction of sp³-hybridized carbons (Fsp3) is 0.217. The molecule has 4 nitrogen and oxygen atoms in total. The van der Waals surface area contributed by atoms with Crippen LogP contribution in [0.5, 0.6) is 5.75 Å². The molecule has 0 aliphatic carbocycles. The number of hydrogen-bond donors (Lipinski definition) is 1. The highest BCUT2D eigenvalue weighted by atomic mass is 32.2. The molecular weight excluding hydrogens is 368 g/mol. The summed E-state index contributed by atoms with van der Waals surface area (Å²) < 4.78 is 5.43. The highest BCUT2D eigenvalue weighted by Gasteiger charge is 2.04. The number of aryl methyl sites for hydroxylation is 1. The van der Waals surface area contributed by atoms with E-state index in [1.165, 1.54) is 5.56 Å². The van der Waals surface area contributed by atoms with Gasteiger partial charge in [-0.05, 0) is 66.9 Å². The summed E-state index contributed by atoms with van der Waals surface area (Å²) in [5.74, 6) is 1.75. The summed E-state index contributed by atoms with van der Waals surface area (Å²) in [5, 5.41) is 2.96. The molecule has 0 saturated heterocycles. The van der Waals surface area contributed by atoms with Gasteiger partial charge in [0.2, 0.25) is 5.91 Å². The van der Waals surface area contributed by atoms with E-state index >= 15 is 0 Å². The van der Waals surface area contributed by atoms with Crippen molar-refractivity contribution in [3.8, 4) is 5.75 Å². The average molecular weight is 393 g/mol. The number of carbonyl (C=O) groups is 1. The number of nitrogens with one attached hydrogen (secondary N) is 1. The monoisotopic (exact) mass is 392 g/mol. The maximum atomic E-state index is 12.2. The molecule has 2 aromatic carbocycles. The van der Waals surface area contributed by atoms with Crippen molar-refractivity contribution in [2.45, 2.75) is 30.4 Å². The number of ether oxygens (including phenoxy) is 1. The van der Waals surface area contributed by atoms with Gasteiger partial charge in [0.15, 0.2) is 0 Å². The molecule has 144 valence electrons. The Morgan fingerprint density at radius 1 is 1.04 bits per heavy atom. The first-order valence-corrected chi connectivity index (χ1v) is 10.3. The minimum atomic E-state index is 0.0182. The van der Waals surface area contributed by atoms with E-state index in [0.717, 1.165) is 27.6 Å². The van der Waals surface area contributed by atoms with Crippen LogP contribution in [0, 0.1) is 0 Å². The molecule has 1 amide bonds. The third-order valence-electron chi connectivity index (χ3n) is 4.14. The fourth-order valence-electron chi connectivity index (χ4n) is 2.69. The lowest BCUT2D eigenvalue weighted by molar-refractivity contribution is -0.116. The summed E-state index contributed by atoms with van der Waals surface area (Å²) in [5.41, 5.74) is 3.14. The summed E-state index contributed by atoms with van der Waals surface area (Å²) in [6, 6.07) is 19.9. The highest BCUT2D eigenvalue weighted by Crippen LogP contribution is 2.24. The SMILES string of the molecule is CCOc1ccc(CCC(=O)Nc2ccc(SCc3cccnc3)cc2)cc1. The van der Waals surface area contributed by atoms with Gasteiger partial charge in [0, 0.05) is 35.2 Å². The Hall–Kier alpha value is -2.79. The molecule has 0 fully saturated rings. The summed E-state index contributed by atoms with van der Waals surface area (Å²) in [6.45, 7) is 2.62. The lowest BCUT2D eigenvalue weighted by atomic mass is 10.1. The van der Waals surface area contributed by atoms with E-state index in [-0.39, 0.29) is 5.91 Å². The minimum Gasteiger partial charge on any atom is -0.494 e. The van der Waals surface area contributed by atoms with E-state index < -0.39 is 0 Å². The van der Waals surface area contributed by atoms with Crippen molar-refractivity contribution in [3.63, 3.8) is 0 Å². The first kappa shape index (κ1) is 20.0. The van der Waals surface area contributed by atoms with Crippen LogP contribution < -0.4 is 10.1 Å². The first-order chi connectivity index (χ1) is 13.7. The first-order valence-electron chi connectivity index (χ1n) is 9.36. The van der Waals surface area contributed by atoms with E-state index in [2.05, 4.69) is 16.4 Å². The molecule has 0 saturated carbocycles. The van der Waals surface area contributed by atoms with Crippen molar-refractivity contribution < 1.29 is 9.53 Å². The topological polar surface area (TPSA) is 51.2 Å². The lowest BCUT2D eigenvalue weighted by Crippen LogP contribution is -2.12. The van der Waals surface area contributed by atoms with E-state index in [1.54, 1.807) is 18.0 Å². The Morgan fingerprint density at radius 3 is 2.50 bits per heavy atom. The van der Waals surface area contributed by atoms with Gasteiger partial charge in [-0.2, -0.15) is 0 Å². The third-order valence-corrected chi connectivity index (χ3v) is 5.22. The van der Waals surface area contributed by atoms with Gasteiger partial charge in [-0.25, -0.2) is 0 Å². The standard InChI is InChI=1S/C23H24N2O2S/c1-2-27-21-10-5-18(6-11-21)7-14-23(26)25-20-8-12-22(13-9-20)28-17-19-4-3-15-24-16-19/h3-6,8-13,15-16H,2,7,14,17H2,1H3,(H,25,26). The molecule has 0 aliphatic heterocycles. The number of nitrogens with zero attached hydrogens (tertiary/aromatic N) is 1. The maximum Gasteiger partial charge on any atom is 0.224 e. The zero-order valence-electron chi connectivity index (χ0n) is 15.9. The fourth-order valence-corrected chi connectivity index (χ4v) is 3.52. The quantitative estimate of drug-likeness (QED) is 0.499. The number of hydrogen-bond acceptors (Lipinski definition) is 4. The Kier molecular flexibility index (Phi) is 7.50. The van der Waals surface area contributed by atoms with Gasteiger partial charge in [-0.3, -0.25) is 9.78 Å². The average Bonchev–Trinajstić information content (AvgIpc) is 2.74. The number of aromatic nitrogens is 1. The molecule has 5 heteroatoms. The van der Waals surface area contributed by atoms with Gasteiger partial charge in [-0.1, -0.05) is 18.2 Å². The highest BCUT2D eigenvalue weighted by molar-refractivity contribution is 7.98. The van der Waals surface area contributed by atoms with E-state index in [4.69, 9.17) is 4.74 Å². The lowest BCUT2D eigenvalue weighted by Gasteiger charge is -2.08. The minimum absolute atomic E-state index is 0.0182. The van der Waals surface area contributed by atoms with Crippen LogP contribution in [0.25, 0.3) is 0 Å². The number of amides is 1. The van der Waals surface area contributed by atoms with Crippen LogP contribution in [0.4, 0.5) is 5.69 Å². The Morgan fingerprint density at radius 2 is 1.82 bits per heavy atom. The van der Waals surface area contributed by atoms with E-state index in [0.29, 0.717) is 19.4 Å². The van der Waals surface area contributed by atoms with Crippen molar-refractivity contribution in [2.24, 2.45) is 0 Å². The summed E-state index contributed by atoms with van der Waals surface area (Å²) in [7, 11) is 0. The van der Waals surface area contributed by atoms with Gasteiger partial charge in [0.25, 0.3) is 0 Å². The number of benzene rings is 2. The molecule has 1 N–H and O–H groups in total. The van der Waals surface area contributed by atoms with Crippen LogP contribution in [0.2, 0.25) is 0 Å². The zero-order valence-corrected chi connectivity index (χ0v) is 16.7. The van der Waals surface area contributed by atoms with Crippen LogP contribution in [0.15, 0.2) is 78.0 Å². The summed E-state index contributed by atoms with van der Waals surface area (Å²) >= 11 is 1.75. The maximum absolute atomic E-state index is 12.2. The molecule has 0 aliphatic rings. The molecule has 0 bridgehead atoms. The summed E-state index contributed by atoms with van der Waals surface area (Å²) in [4.78, 5) is 17.5. The predicted octanol–water partition coefficient (Wildman–Crippen LogP) is 5.34. The Bertz CT molecular complexity index is 865. The van der Waals surface area contributed by atoms with Gasteiger partial charge in [0.1, 0.15) is 5.75 Å². The van der Waals surface area contributed by atoms with Crippen molar-refractivity contribution in [2.75, 3.05) is 11.9 Å². The number of pyridine rings is 1. The number of carbonyl (C=O) groups excluding carboxylic acids is 1. The molecule has 3 rings (SSSR count). The van der Waals surface area contributed by atoms with Gasteiger partial charge < -0.3 is 10.1 Å². The van der Waals surface area contributed by atoms with Crippen LogP contribution >= 0.6 is 11.8 Å².